The molecule has 0 aromatic heterocycles. The van der Waals surface area contributed by atoms with Gasteiger partial charge in [-0.05, 0) is 23.8 Å². The maximum atomic E-state index is 6.02. The number of hydrogen-bond acceptors (Lipinski definition) is 4. The van der Waals surface area contributed by atoms with Crippen molar-refractivity contribution in [2.24, 2.45) is 0 Å². The van der Waals surface area contributed by atoms with Crippen molar-refractivity contribution >= 4 is 21.6 Å². The maximum Gasteiger partial charge on any atom is 0.163 e. The van der Waals surface area contributed by atoms with Gasteiger partial charge in [0.15, 0.2) is 11.5 Å². The molecule has 0 saturated carbocycles. The van der Waals surface area contributed by atoms with Gasteiger partial charge in [-0.1, -0.05) is 28.1 Å². The summed E-state index contributed by atoms with van der Waals surface area (Å²) in [5.41, 5.74) is 8.72. The van der Waals surface area contributed by atoms with Gasteiger partial charge in [0.1, 0.15) is 13.2 Å². The van der Waals surface area contributed by atoms with Gasteiger partial charge in [-0.2, -0.15) is 0 Å². The lowest BCUT2D eigenvalue weighted by Gasteiger charge is -2.20. The van der Waals surface area contributed by atoms with Crippen LogP contribution < -0.4 is 15.2 Å². The van der Waals surface area contributed by atoms with Gasteiger partial charge >= 0.3 is 0 Å². The number of nitrogen functional groups attached to an aromatic ring is 1. The van der Waals surface area contributed by atoms with Crippen LogP contribution in [0.5, 0.6) is 11.5 Å². The van der Waals surface area contributed by atoms with Crippen LogP contribution in [0.1, 0.15) is 11.1 Å². The van der Waals surface area contributed by atoms with Crippen LogP contribution in [0.15, 0.2) is 40.9 Å². The molecular weight excluding hydrogens is 334 g/mol. The average molecular weight is 350 g/mol. The highest BCUT2D eigenvalue weighted by Crippen LogP contribution is 2.34. The molecule has 21 heavy (non-hydrogen) atoms. The third-order valence-corrected chi connectivity index (χ3v) is 3.77. The normalized spacial score (nSPS) is 13.2. The summed E-state index contributed by atoms with van der Waals surface area (Å²) in [6.45, 7) is 2.11. The molecule has 5 heteroatoms. The average Bonchev–Trinajstić information content (AvgIpc) is 2.50. The number of ether oxygens (including phenoxy) is 3. The van der Waals surface area contributed by atoms with Crippen LogP contribution in [-0.2, 0) is 18.0 Å². The van der Waals surface area contributed by atoms with Gasteiger partial charge in [-0.15, -0.1) is 0 Å². The first-order valence-corrected chi connectivity index (χ1v) is 7.52. The Morgan fingerprint density at radius 2 is 1.67 bits per heavy atom. The Balaban J connectivity index is 1.63. The highest BCUT2D eigenvalue weighted by Gasteiger charge is 2.14. The Morgan fingerprint density at radius 1 is 1.00 bits per heavy atom. The van der Waals surface area contributed by atoms with E-state index in [1.165, 1.54) is 0 Å². The topological polar surface area (TPSA) is 53.7 Å². The summed E-state index contributed by atoms with van der Waals surface area (Å²) in [6, 6.07) is 11.7. The lowest BCUT2D eigenvalue weighted by atomic mass is 10.1. The predicted octanol–water partition coefficient (Wildman–Crippen LogP) is 3.52. The Kier molecular flexibility index (Phi) is 4.31. The first-order valence-electron chi connectivity index (χ1n) is 6.72. The number of hydrogen-bond donors (Lipinski definition) is 1. The molecule has 0 bridgehead atoms. The van der Waals surface area contributed by atoms with Crippen molar-refractivity contribution in [1.82, 2.24) is 0 Å². The molecule has 0 amide bonds. The molecular formula is C16H16BrNO3. The van der Waals surface area contributed by atoms with Crippen LogP contribution in [0.3, 0.4) is 0 Å². The molecule has 2 aromatic rings. The summed E-state index contributed by atoms with van der Waals surface area (Å²) < 4.78 is 17.8. The van der Waals surface area contributed by atoms with Crippen LogP contribution >= 0.6 is 15.9 Å². The van der Waals surface area contributed by atoms with Crippen molar-refractivity contribution in [1.29, 1.82) is 0 Å². The third-order valence-electron chi connectivity index (χ3n) is 3.24. The SMILES string of the molecule is Nc1cc2c(cc1COCc1ccc(Br)cc1)OCCO2. The fourth-order valence-electron chi connectivity index (χ4n) is 2.13. The lowest BCUT2D eigenvalue weighted by molar-refractivity contribution is 0.107. The largest absolute Gasteiger partial charge is 0.486 e. The molecule has 0 aliphatic carbocycles. The summed E-state index contributed by atoms with van der Waals surface area (Å²) in [7, 11) is 0. The van der Waals surface area contributed by atoms with Gasteiger partial charge in [-0.25, -0.2) is 0 Å². The molecule has 1 aliphatic rings. The fourth-order valence-corrected chi connectivity index (χ4v) is 2.40. The molecule has 0 atom stereocenters. The number of fused-ring (bicyclic) bond motifs is 1. The molecule has 2 N–H and O–H groups in total. The lowest BCUT2D eigenvalue weighted by Crippen LogP contribution is -2.16. The molecule has 0 saturated heterocycles. The highest BCUT2D eigenvalue weighted by molar-refractivity contribution is 9.10. The van der Waals surface area contributed by atoms with Gasteiger partial charge in [0.25, 0.3) is 0 Å². The van der Waals surface area contributed by atoms with E-state index < -0.39 is 0 Å². The van der Waals surface area contributed by atoms with E-state index in [0.29, 0.717) is 37.9 Å². The zero-order valence-electron chi connectivity index (χ0n) is 11.5. The van der Waals surface area contributed by atoms with Crippen molar-refractivity contribution in [2.45, 2.75) is 13.2 Å². The Labute approximate surface area is 131 Å². The van der Waals surface area contributed by atoms with E-state index >= 15 is 0 Å². The first kappa shape index (κ1) is 14.2. The molecule has 0 spiro atoms. The zero-order valence-corrected chi connectivity index (χ0v) is 13.1. The Hall–Kier alpha value is -1.72. The summed E-state index contributed by atoms with van der Waals surface area (Å²) in [5.74, 6) is 1.44. The van der Waals surface area contributed by atoms with Crippen molar-refractivity contribution in [3.8, 4) is 11.5 Å². The summed E-state index contributed by atoms with van der Waals surface area (Å²) in [6.07, 6.45) is 0. The molecule has 1 heterocycles. The monoisotopic (exact) mass is 349 g/mol. The van der Waals surface area contributed by atoms with Gasteiger partial charge in [0.05, 0.1) is 13.2 Å². The van der Waals surface area contributed by atoms with Crippen molar-refractivity contribution in [3.63, 3.8) is 0 Å². The molecule has 0 unspecified atom stereocenters. The minimum absolute atomic E-state index is 0.443. The van der Waals surface area contributed by atoms with Crippen LogP contribution in [0.4, 0.5) is 5.69 Å². The van der Waals surface area contributed by atoms with Gasteiger partial charge in [0, 0.05) is 21.8 Å². The second-order valence-corrected chi connectivity index (χ2v) is 5.73. The number of nitrogens with two attached hydrogens (primary N) is 1. The third kappa shape index (κ3) is 3.49. The van der Waals surface area contributed by atoms with E-state index in [1.807, 2.05) is 30.3 Å². The smallest absolute Gasteiger partial charge is 0.163 e. The molecule has 0 radical (unpaired) electrons. The van der Waals surface area contributed by atoms with Gasteiger partial charge in [0.2, 0.25) is 0 Å². The number of benzene rings is 2. The van der Waals surface area contributed by atoms with E-state index in [2.05, 4.69) is 15.9 Å². The molecule has 1 aliphatic heterocycles. The van der Waals surface area contributed by atoms with E-state index in [1.54, 1.807) is 6.07 Å². The van der Waals surface area contributed by atoms with Crippen LogP contribution in [0.2, 0.25) is 0 Å². The van der Waals surface area contributed by atoms with Gasteiger partial charge < -0.3 is 19.9 Å². The van der Waals surface area contributed by atoms with E-state index in [9.17, 15) is 0 Å². The molecule has 110 valence electrons. The first-order chi connectivity index (χ1) is 10.2. The van der Waals surface area contributed by atoms with E-state index in [4.69, 9.17) is 19.9 Å². The van der Waals surface area contributed by atoms with Gasteiger partial charge in [-0.3, -0.25) is 0 Å². The Morgan fingerprint density at radius 3 is 2.38 bits per heavy atom. The molecule has 2 aromatic carbocycles. The fraction of sp³-hybridized carbons (Fsp3) is 0.250. The Bertz CT molecular complexity index is 628. The minimum Gasteiger partial charge on any atom is -0.486 e. The number of rotatable bonds is 4. The second kappa shape index (κ2) is 6.37. The molecule has 3 rings (SSSR count). The van der Waals surface area contributed by atoms with Crippen LogP contribution in [-0.4, -0.2) is 13.2 Å². The molecule has 4 nitrogen and oxygen atoms in total. The van der Waals surface area contributed by atoms with Crippen molar-refractivity contribution in [2.75, 3.05) is 18.9 Å². The van der Waals surface area contributed by atoms with E-state index in [0.717, 1.165) is 21.3 Å². The summed E-state index contributed by atoms with van der Waals surface area (Å²) in [5, 5.41) is 0. The summed E-state index contributed by atoms with van der Waals surface area (Å²) >= 11 is 3.41. The quantitative estimate of drug-likeness (QED) is 0.858. The van der Waals surface area contributed by atoms with Crippen LogP contribution in [0, 0.1) is 0 Å². The standard InChI is InChI=1S/C16H16BrNO3/c17-13-3-1-11(2-4-13)9-19-10-12-7-15-16(8-14(12)18)21-6-5-20-15/h1-4,7-8H,5-6,9-10,18H2. The number of halogens is 1. The number of anilines is 1. The minimum atomic E-state index is 0.443. The molecule has 0 fully saturated rings. The van der Waals surface area contributed by atoms with E-state index in [-0.39, 0.29) is 0 Å². The van der Waals surface area contributed by atoms with Crippen molar-refractivity contribution < 1.29 is 14.2 Å². The summed E-state index contributed by atoms with van der Waals surface area (Å²) in [4.78, 5) is 0. The highest BCUT2D eigenvalue weighted by atomic mass is 79.9. The predicted molar refractivity (Wildman–Crippen MR) is 84.5 cm³/mol. The maximum absolute atomic E-state index is 6.02. The second-order valence-electron chi connectivity index (χ2n) is 4.81. The van der Waals surface area contributed by atoms with Crippen LogP contribution in [0.25, 0.3) is 0 Å². The zero-order chi connectivity index (χ0) is 14.7. The van der Waals surface area contributed by atoms with Crippen molar-refractivity contribution in [3.05, 3.63) is 52.0 Å².